The van der Waals surface area contributed by atoms with E-state index in [1.807, 2.05) is 12.1 Å². The molecule has 3 rings (SSSR count). The summed E-state index contributed by atoms with van der Waals surface area (Å²) >= 11 is 0. The van der Waals surface area contributed by atoms with Gasteiger partial charge in [-0.25, -0.2) is 0 Å². The van der Waals surface area contributed by atoms with Gasteiger partial charge in [0.1, 0.15) is 9.52 Å². The molecule has 0 N–H and O–H groups in total. The average molecular weight is 160 g/mol. The zero-order valence-electron chi connectivity index (χ0n) is 5.63. The molecule has 0 saturated carbocycles. The lowest BCUT2D eigenvalue weighted by Crippen LogP contribution is -2.18. The fraction of sp³-hybridized carbons (Fsp3) is 0. The van der Waals surface area contributed by atoms with Crippen molar-refractivity contribution in [2.75, 3.05) is 0 Å². The third-order valence-electron chi connectivity index (χ3n) is 1.81. The lowest BCUT2D eigenvalue weighted by Gasteiger charge is -1.84. The normalized spacial score (nSPS) is 13.1. The molecule has 0 spiro atoms. The molecule has 0 amide bonds. The van der Waals surface area contributed by atoms with E-state index < -0.39 is 0 Å². The number of fused-ring (bicyclic) bond motifs is 3. The largest absolute Gasteiger partial charge is 0.461 e. The summed E-state index contributed by atoms with van der Waals surface area (Å²) in [5.41, 5.74) is 0. The van der Waals surface area contributed by atoms with Crippen LogP contribution in [0.15, 0.2) is 33.5 Å². The average Bonchev–Trinajstić information content (AvgIpc) is 2.52. The van der Waals surface area contributed by atoms with Crippen LogP contribution >= 0.6 is 0 Å². The Hall–Kier alpha value is -1.22. The van der Waals surface area contributed by atoms with Crippen LogP contribution in [0.4, 0.5) is 0 Å². The van der Waals surface area contributed by atoms with Gasteiger partial charge in [-0.1, -0.05) is 0 Å². The van der Waals surface area contributed by atoms with Crippen molar-refractivity contribution in [3.05, 3.63) is 24.7 Å². The molecular formula is C8H4O2Si. The standard InChI is InChI=1S/C8H4O2Si/c1-3-9-7-5(1)11-6-2-4-10-8(6)7/h1-4H. The first-order valence-electron chi connectivity index (χ1n) is 3.37. The van der Waals surface area contributed by atoms with Crippen molar-refractivity contribution in [2.45, 2.75) is 0 Å². The van der Waals surface area contributed by atoms with E-state index in [1.165, 1.54) is 10.4 Å². The highest BCUT2D eigenvalue weighted by molar-refractivity contribution is 6.72. The number of hydrogen-bond acceptors (Lipinski definition) is 2. The number of furan rings is 2. The molecule has 0 saturated heterocycles. The van der Waals surface area contributed by atoms with Gasteiger partial charge in [0.15, 0.2) is 11.5 Å². The maximum Gasteiger partial charge on any atom is 0.168 e. The van der Waals surface area contributed by atoms with E-state index in [-0.39, 0.29) is 0 Å². The quantitative estimate of drug-likeness (QED) is 0.448. The summed E-state index contributed by atoms with van der Waals surface area (Å²) in [6.07, 6.45) is 3.42. The zero-order valence-corrected chi connectivity index (χ0v) is 6.63. The fourth-order valence-electron chi connectivity index (χ4n) is 1.31. The minimum atomic E-state index is 0.712. The second-order valence-corrected chi connectivity index (χ2v) is 3.78. The van der Waals surface area contributed by atoms with Crippen LogP contribution < -0.4 is 10.4 Å². The van der Waals surface area contributed by atoms with E-state index in [9.17, 15) is 0 Å². The highest BCUT2D eigenvalue weighted by Crippen LogP contribution is 2.20. The molecule has 52 valence electrons. The van der Waals surface area contributed by atoms with Crippen molar-refractivity contribution >= 4 is 19.9 Å². The highest BCUT2D eigenvalue weighted by Gasteiger charge is 2.24. The van der Waals surface area contributed by atoms with Crippen molar-refractivity contribution in [1.82, 2.24) is 0 Å². The van der Waals surface area contributed by atoms with Crippen LogP contribution in [-0.4, -0.2) is 9.52 Å². The number of hydrogen-bond donors (Lipinski definition) is 0. The smallest absolute Gasteiger partial charge is 0.168 e. The summed E-state index contributed by atoms with van der Waals surface area (Å²) in [5.74, 6) is 1.84. The summed E-state index contributed by atoms with van der Waals surface area (Å²) in [6.45, 7) is 0. The molecule has 1 aliphatic rings. The maximum atomic E-state index is 5.27. The topological polar surface area (TPSA) is 26.3 Å². The van der Waals surface area contributed by atoms with Crippen LogP contribution in [0.3, 0.4) is 0 Å². The first kappa shape index (κ1) is 5.43. The summed E-state index contributed by atoms with van der Waals surface area (Å²) in [4.78, 5) is 0. The molecule has 0 unspecified atom stereocenters. The van der Waals surface area contributed by atoms with Crippen LogP contribution in [0.5, 0.6) is 0 Å². The molecule has 3 heteroatoms. The van der Waals surface area contributed by atoms with Gasteiger partial charge in [0.25, 0.3) is 0 Å². The Balaban J connectivity index is 2.38. The van der Waals surface area contributed by atoms with Gasteiger partial charge >= 0.3 is 0 Å². The van der Waals surface area contributed by atoms with Crippen molar-refractivity contribution in [3.63, 3.8) is 0 Å². The molecule has 11 heavy (non-hydrogen) atoms. The Kier molecular flexibility index (Phi) is 0.829. The minimum absolute atomic E-state index is 0.712. The van der Waals surface area contributed by atoms with E-state index in [1.54, 1.807) is 12.5 Å². The molecule has 0 bridgehead atoms. The van der Waals surface area contributed by atoms with Crippen LogP contribution in [0.25, 0.3) is 11.5 Å². The van der Waals surface area contributed by atoms with Crippen LogP contribution in [0.2, 0.25) is 0 Å². The van der Waals surface area contributed by atoms with Gasteiger partial charge in [0.05, 0.1) is 12.5 Å². The van der Waals surface area contributed by atoms with E-state index in [2.05, 4.69) is 0 Å². The predicted octanol–water partition coefficient (Wildman–Crippen LogP) is 0.508. The monoisotopic (exact) mass is 160 g/mol. The SMILES string of the molecule is c1cc2c(o1)-c1occc1[Si]2. The highest BCUT2D eigenvalue weighted by atomic mass is 28.2. The van der Waals surface area contributed by atoms with Crippen LogP contribution in [0, 0.1) is 0 Å². The number of rotatable bonds is 0. The lowest BCUT2D eigenvalue weighted by molar-refractivity contribution is 0.528. The molecule has 0 aromatic carbocycles. The van der Waals surface area contributed by atoms with Crippen LogP contribution in [-0.2, 0) is 0 Å². The predicted molar refractivity (Wildman–Crippen MR) is 41.4 cm³/mol. The summed E-state index contributed by atoms with van der Waals surface area (Å²) < 4.78 is 10.5. The third-order valence-corrected chi connectivity index (χ3v) is 3.13. The van der Waals surface area contributed by atoms with E-state index in [0.717, 1.165) is 11.5 Å². The van der Waals surface area contributed by atoms with Gasteiger partial charge in [0.2, 0.25) is 0 Å². The van der Waals surface area contributed by atoms with Crippen molar-refractivity contribution < 1.29 is 8.83 Å². The lowest BCUT2D eigenvalue weighted by atomic mass is 10.3. The molecule has 1 aliphatic heterocycles. The Bertz CT molecular complexity index is 361. The van der Waals surface area contributed by atoms with E-state index >= 15 is 0 Å². The van der Waals surface area contributed by atoms with Crippen molar-refractivity contribution in [1.29, 1.82) is 0 Å². The Morgan fingerprint density at radius 3 is 2.00 bits per heavy atom. The molecule has 2 aromatic rings. The second kappa shape index (κ2) is 1.68. The molecule has 3 heterocycles. The minimum Gasteiger partial charge on any atom is -0.461 e. The fourth-order valence-corrected chi connectivity index (χ4v) is 2.48. The maximum absolute atomic E-state index is 5.27. The van der Waals surface area contributed by atoms with Gasteiger partial charge in [-0.3, -0.25) is 0 Å². The summed E-state index contributed by atoms with van der Waals surface area (Å²) in [5, 5.41) is 2.53. The van der Waals surface area contributed by atoms with Gasteiger partial charge in [-0.2, -0.15) is 0 Å². The van der Waals surface area contributed by atoms with Crippen molar-refractivity contribution in [2.24, 2.45) is 0 Å². The first-order valence-corrected chi connectivity index (χ1v) is 4.37. The first-order chi connectivity index (χ1) is 5.45. The van der Waals surface area contributed by atoms with Crippen LogP contribution in [0.1, 0.15) is 0 Å². The Morgan fingerprint density at radius 2 is 1.45 bits per heavy atom. The van der Waals surface area contributed by atoms with Crippen molar-refractivity contribution in [3.8, 4) is 11.5 Å². The molecule has 2 aromatic heterocycles. The Labute approximate surface area is 65.6 Å². The van der Waals surface area contributed by atoms with E-state index in [0.29, 0.717) is 9.52 Å². The van der Waals surface area contributed by atoms with Gasteiger partial charge < -0.3 is 8.83 Å². The molecule has 2 radical (unpaired) electrons. The zero-order chi connectivity index (χ0) is 7.26. The molecular weight excluding hydrogens is 156 g/mol. The van der Waals surface area contributed by atoms with Gasteiger partial charge in [-0.05, 0) is 22.5 Å². The third kappa shape index (κ3) is 0.562. The molecule has 2 nitrogen and oxygen atoms in total. The Morgan fingerprint density at radius 1 is 0.909 bits per heavy atom. The molecule has 0 fully saturated rings. The van der Waals surface area contributed by atoms with E-state index in [4.69, 9.17) is 8.83 Å². The van der Waals surface area contributed by atoms with Gasteiger partial charge in [-0.15, -0.1) is 0 Å². The summed E-state index contributed by atoms with van der Waals surface area (Å²) in [6, 6.07) is 4.01. The molecule has 0 atom stereocenters. The van der Waals surface area contributed by atoms with Gasteiger partial charge in [0, 0.05) is 0 Å². The summed E-state index contributed by atoms with van der Waals surface area (Å²) in [7, 11) is 0.712. The molecule has 0 aliphatic carbocycles. The second-order valence-electron chi connectivity index (χ2n) is 2.45.